The molecule has 0 amide bonds. The van der Waals surface area contributed by atoms with Crippen molar-refractivity contribution in [2.75, 3.05) is 0 Å². The van der Waals surface area contributed by atoms with Crippen molar-refractivity contribution >= 4 is 0 Å². The van der Waals surface area contributed by atoms with Crippen LogP contribution in [0.1, 0.15) is 47.2 Å². The molecule has 2 N–H and O–H groups in total. The predicted octanol–water partition coefficient (Wildman–Crippen LogP) is 4.36. The Morgan fingerprint density at radius 2 is 1.88 bits per heavy atom. The van der Waals surface area contributed by atoms with Gasteiger partial charge in [-0.2, -0.15) is 5.10 Å². The zero-order valence-corrected chi connectivity index (χ0v) is 13.8. The molecular weight excluding hydrogens is 294 g/mol. The van der Waals surface area contributed by atoms with Gasteiger partial charge in [0.05, 0.1) is 0 Å². The molecule has 0 fully saturated rings. The maximum absolute atomic E-state index is 4.06. The van der Waals surface area contributed by atoms with Crippen molar-refractivity contribution in [3.63, 3.8) is 0 Å². The van der Waals surface area contributed by atoms with Gasteiger partial charge in [-0.15, -0.1) is 0 Å². The summed E-state index contributed by atoms with van der Waals surface area (Å²) in [6, 6.07) is 22.1. The van der Waals surface area contributed by atoms with Crippen LogP contribution in [-0.2, 0) is 13.0 Å². The number of hydrogen-bond acceptors (Lipinski definition) is 2. The lowest BCUT2D eigenvalue weighted by molar-refractivity contribution is 0.398. The van der Waals surface area contributed by atoms with Gasteiger partial charge < -0.3 is 5.32 Å². The number of nitrogens with one attached hydrogen (secondary N) is 2. The molecule has 0 spiro atoms. The summed E-state index contributed by atoms with van der Waals surface area (Å²) in [6.45, 7) is 0.804. The number of hydrogen-bond donors (Lipinski definition) is 2. The Kier molecular flexibility index (Phi) is 4.43. The normalized spacial score (nSPS) is 18.1. The maximum Gasteiger partial charge on any atom is 0.0490 e. The van der Waals surface area contributed by atoms with Crippen LogP contribution in [0.2, 0.25) is 0 Å². The van der Waals surface area contributed by atoms with E-state index in [0.29, 0.717) is 12.0 Å². The smallest absolute Gasteiger partial charge is 0.0490 e. The van der Waals surface area contributed by atoms with Crippen molar-refractivity contribution in [3.05, 3.63) is 89.2 Å². The molecule has 3 nitrogen and oxygen atoms in total. The number of aryl methyl sites for hydroxylation is 1. The van der Waals surface area contributed by atoms with Crippen molar-refractivity contribution < 1.29 is 0 Å². The molecular formula is C21H23N3. The van der Waals surface area contributed by atoms with E-state index in [9.17, 15) is 0 Å². The SMILES string of the molecule is c1ccc([C@H](NCc2ccn[nH]2)[C@H]2CCCc3ccccc32)cc1. The summed E-state index contributed by atoms with van der Waals surface area (Å²) in [5.74, 6) is 0.514. The number of aromatic nitrogens is 2. The molecule has 1 heterocycles. The number of fused-ring (bicyclic) bond motifs is 1. The average Bonchev–Trinajstić information content (AvgIpc) is 3.16. The van der Waals surface area contributed by atoms with Gasteiger partial charge in [0.25, 0.3) is 0 Å². The van der Waals surface area contributed by atoms with E-state index in [1.807, 2.05) is 12.3 Å². The van der Waals surface area contributed by atoms with E-state index in [-0.39, 0.29) is 0 Å². The number of H-pyrrole nitrogens is 1. The van der Waals surface area contributed by atoms with Crippen molar-refractivity contribution in [1.29, 1.82) is 0 Å². The largest absolute Gasteiger partial charge is 0.304 e. The van der Waals surface area contributed by atoms with Crippen LogP contribution in [0.25, 0.3) is 0 Å². The Morgan fingerprint density at radius 3 is 2.71 bits per heavy atom. The molecule has 1 aromatic heterocycles. The van der Waals surface area contributed by atoms with Crippen LogP contribution in [0.15, 0.2) is 66.9 Å². The molecule has 0 radical (unpaired) electrons. The van der Waals surface area contributed by atoms with Crippen molar-refractivity contribution in [1.82, 2.24) is 15.5 Å². The first-order valence-electron chi connectivity index (χ1n) is 8.76. The molecule has 4 rings (SSSR count). The number of rotatable bonds is 5. The second-order valence-corrected chi connectivity index (χ2v) is 6.55. The minimum atomic E-state index is 0.316. The quantitative estimate of drug-likeness (QED) is 0.734. The monoisotopic (exact) mass is 317 g/mol. The topological polar surface area (TPSA) is 40.7 Å². The lowest BCUT2D eigenvalue weighted by Crippen LogP contribution is -2.29. The highest BCUT2D eigenvalue weighted by Gasteiger charge is 2.28. The highest BCUT2D eigenvalue weighted by atomic mass is 15.1. The molecule has 0 unspecified atom stereocenters. The Labute approximate surface area is 143 Å². The lowest BCUT2D eigenvalue weighted by atomic mass is 9.76. The Balaban J connectivity index is 1.65. The highest BCUT2D eigenvalue weighted by Crippen LogP contribution is 2.40. The summed E-state index contributed by atoms with van der Waals surface area (Å²) in [5.41, 5.74) is 5.51. The van der Waals surface area contributed by atoms with Crippen molar-refractivity contribution in [3.8, 4) is 0 Å². The standard InChI is InChI=1S/C21H23N3/c1-2-8-17(9-3-1)21(22-15-18-13-14-23-24-18)20-12-6-10-16-7-4-5-11-19(16)20/h1-5,7-9,11,13-14,20-22H,6,10,12,15H2,(H,23,24)/t20-,21-/m0/s1. The first-order valence-corrected chi connectivity index (χ1v) is 8.76. The molecule has 2 atom stereocenters. The summed E-state index contributed by atoms with van der Waals surface area (Å²) in [4.78, 5) is 0. The van der Waals surface area contributed by atoms with Crippen molar-refractivity contribution in [2.24, 2.45) is 0 Å². The second-order valence-electron chi connectivity index (χ2n) is 6.55. The Hall–Kier alpha value is -2.39. The fourth-order valence-electron chi connectivity index (χ4n) is 3.89. The van der Waals surface area contributed by atoms with Gasteiger partial charge in [0, 0.05) is 30.4 Å². The Bertz CT molecular complexity index is 765. The number of benzene rings is 2. The number of aromatic amines is 1. The van der Waals surface area contributed by atoms with Crippen LogP contribution in [-0.4, -0.2) is 10.2 Å². The molecule has 3 heteroatoms. The Morgan fingerprint density at radius 1 is 1.04 bits per heavy atom. The van der Waals surface area contributed by atoms with Crippen LogP contribution in [0, 0.1) is 0 Å². The summed E-state index contributed by atoms with van der Waals surface area (Å²) < 4.78 is 0. The third-order valence-corrected chi connectivity index (χ3v) is 5.05. The first kappa shape index (κ1) is 15.2. The van der Waals surface area contributed by atoms with Crippen LogP contribution in [0.5, 0.6) is 0 Å². The minimum absolute atomic E-state index is 0.316. The van der Waals surface area contributed by atoms with E-state index in [4.69, 9.17) is 0 Å². The van der Waals surface area contributed by atoms with E-state index in [2.05, 4.69) is 70.1 Å². The zero-order valence-electron chi connectivity index (χ0n) is 13.8. The van der Waals surface area contributed by atoms with Crippen molar-refractivity contribution in [2.45, 2.75) is 37.8 Å². The van der Waals surface area contributed by atoms with Gasteiger partial charge in [0.1, 0.15) is 0 Å². The summed E-state index contributed by atoms with van der Waals surface area (Å²) in [5, 5.41) is 10.9. The molecule has 0 saturated heterocycles. The summed E-state index contributed by atoms with van der Waals surface area (Å²) in [7, 11) is 0. The van der Waals surface area contributed by atoms with E-state index < -0.39 is 0 Å². The van der Waals surface area contributed by atoms with Gasteiger partial charge in [-0.25, -0.2) is 0 Å². The van der Waals surface area contributed by atoms with Crippen LogP contribution in [0.4, 0.5) is 0 Å². The predicted molar refractivity (Wildman–Crippen MR) is 96.7 cm³/mol. The van der Waals surface area contributed by atoms with E-state index in [0.717, 1.165) is 12.2 Å². The zero-order chi connectivity index (χ0) is 16.2. The van der Waals surface area contributed by atoms with Gasteiger partial charge >= 0.3 is 0 Å². The summed E-state index contributed by atoms with van der Waals surface area (Å²) >= 11 is 0. The van der Waals surface area contributed by atoms with Crippen LogP contribution in [0.3, 0.4) is 0 Å². The molecule has 1 aliphatic carbocycles. The third kappa shape index (κ3) is 3.13. The molecule has 2 aromatic carbocycles. The van der Waals surface area contributed by atoms with E-state index in [1.165, 1.54) is 36.0 Å². The molecule has 122 valence electrons. The molecule has 0 bridgehead atoms. The van der Waals surface area contributed by atoms with Crippen LogP contribution < -0.4 is 5.32 Å². The molecule has 1 aliphatic rings. The fraction of sp³-hybridized carbons (Fsp3) is 0.286. The molecule has 3 aromatic rings. The average molecular weight is 317 g/mol. The molecule has 0 saturated carbocycles. The minimum Gasteiger partial charge on any atom is -0.304 e. The number of nitrogens with zero attached hydrogens (tertiary/aromatic N) is 1. The lowest BCUT2D eigenvalue weighted by Gasteiger charge is -2.33. The van der Waals surface area contributed by atoms with Gasteiger partial charge in [0.15, 0.2) is 0 Å². The maximum atomic E-state index is 4.06. The third-order valence-electron chi connectivity index (χ3n) is 5.05. The second kappa shape index (κ2) is 7.02. The van der Waals surface area contributed by atoms with Gasteiger partial charge in [0.2, 0.25) is 0 Å². The van der Waals surface area contributed by atoms with Crippen LogP contribution >= 0.6 is 0 Å². The van der Waals surface area contributed by atoms with E-state index in [1.54, 1.807) is 0 Å². The fourth-order valence-corrected chi connectivity index (χ4v) is 3.89. The first-order chi connectivity index (χ1) is 11.9. The molecule has 0 aliphatic heterocycles. The van der Waals surface area contributed by atoms with Gasteiger partial charge in [-0.05, 0) is 42.0 Å². The van der Waals surface area contributed by atoms with Gasteiger partial charge in [-0.1, -0.05) is 54.6 Å². The molecule has 24 heavy (non-hydrogen) atoms. The van der Waals surface area contributed by atoms with E-state index >= 15 is 0 Å². The summed E-state index contributed by atoms with van der Waals surface area (Å²) in [6.07, 6.45) is 5.50. The van der Waals surface area contributed by atoms with Gasteiger partial charge in [-0.3, -0.25) is 5.10 Å². The highest BCUT2D eigenvalue weighted by molar-refractivity contribution is 5.36.